The minimum Gasteiger partial charge on any atom is -0.481 e. The van der Waals surface area contributed by atoms with Crippen LogP contribution in [0.1, 0.15) is 23.4 Å². The first-order valence-electron chi connectivity index (χ1n) is 7.79. The molecule has 0 aliphatic heterocycles. The highest BCUT2D eigenvalue weighted by atomic mass is 35.5. The number of carbonyl (C=O) groups is 1. The smallest absolute Gasteiger partial charge is 0.260 e. The van der Waals surface area contributed by atoms with Crippen LogP contribution in [0, 0.1) is 6.92 Å². The Morgan fingerprint density at radius 2 is 2.12 bits per heavy atom. The van der Waals surface area contributed by atoms with Crippen LogP contribution in [-0.4, -0.2) is 37.6 Å². The first kappa shape index (κ1) is 18.8. The number of thiophene rings is 1. The van der Waals surface area contributed by atoms with Gasteiger partial charge in [-0.15, -0.1) is 11.3 Å². The number of nitrogens with zero attached hydrogens (tertiary/aromatic N) is 1. The van der Waals surface area contributed by atoms with Gasteiger partial charge in [0.15, 0.2) is 6.10 Å². The molecule has 0 saturated carbocycles. The van der Waals surface area contributed by atoms with Crippen molar-refractivity contribution in [1.29, 1.82) is 0 Å². The number of amides is 1. The van der Waals surface area contributed by atoms with Gasteiger partial charge in [-0.1, -0.05) is 17.7 Å². The summed E-state index contributed by atoms with van der Waals surface area (Å²) < 4.78 is 5.76. The molecule has 1 aromatic carbocycles. The number of likely N-dealkylation sites (N-methyl/N-ethyl adjacent to an activating group) is 1. The summed E-state index contributed by atoms with van der Waals surface area (Å²) >= 11 is 7.63. The van der Waals surface area contributed by atoms with Crippen molar-refractivity contribution in [3.05, 3.63) is 51.2 Å². The number of hydrogen-bond acceptors (Lipinski definition) is 4. The maximum Gasteiger partial charge on any atom is 0.260 e. The Kier molecular flexibility index (Phi) is 6.66. The lowest BCUT2D eigenvalue weighted by Gasteiger charge is -2.24. The molecule has 130 valence electrons. The molecule has 0 bridgehead atoms. The minimum atomic E-state index is -0.573. The van der Waals surface area contributed by atoms with Crippen LogP contribution in [0.15, 0.2) is 35.7 Å². The van der Waals surface area contributed by atoms with Crippen molar-refractivity contribution in [3.63, 3.8) is 0 Å². The van der Waals surface area contributed by atoms with E-state index in [0.717, 1.165) is 5.56 Å². The molecule has 2 rings (SSSR count). The van der Waals surface area contributed by atoms with Gasteiger partial charge in [0.1, 0.15) is 5.75 Å². The van der Waals surface area contributed by atoms with E-state index in [2.05, 4.69) is 16.3 Å². The van der Waals surface area contributed by atoms with Crippen LogP contribution in [0.2, 0.25) is 5.02 Å². The lowest BCUT2D eigenvalue weighted by molar-refractivity contribution is -0.127. The van der Waals surface area contributed by atoms with Gasteiger partial charge in [-0.2, -0.15) is 0 Å². The Labute approximate surface area is 152 Å². The highest BCUT2D eigenvalue weighted by Gasteiger charge is 2.20. The number of ether oxygens (including phenoxy) is 1. The predicted octanol–water partition coefficient (Wildman–Crippen LogP) is 3.90. The van der Waals surface area contributed by atoms with Gasteiger partial charge in [0.2, 0.25) is 0 Å². The van der Waals surface area contributed by atoms with Crippen molar-refractivity contribution in [3.8, 4) is 5.75 Å². The van der Waals surface area contributed by atoms with E-state index in [0.29, 0.717) is 17.3 Å². The molecule has 1 N–H and O–H groups in total. The van der Waals surface area contributed by atoms with Crippen molar-refractivity contribution in [2.24, 2.45) is 0 Å². The topological polar surface area (TPSA) is 41.6 Å². The summed E-state index contributed by atoms with van der Waals surface area (Å²) in [6.07, 6.45) is -0.573. The Bertz CT molecular complexity index is 674. The molecule has 2 aromatic rings. The summed E-state index contributed by atoms with van der Waals surface area (Å²) in [5.74, 6) is 0.539. The number of nitrogens with one attached hydrogen (secondary N) is 1. The maximum atomic E-state index is 12.3. The number of hydrogen-bond donors (Lipinski definition) is 1. The lowest BCUT2D eigenvalue weighted by Crippen LogP contribution is -2.40. The van der Waals surface area contributed by atoms with E-state index in [9.17, 15) is 4.79 Å². The van der Waals surface area contributed by atoms with Crippen LogP contribution in [0.25, 0.3) is 0 Å². The second-order valence-electron chi connectivity index (χ2n) is 5.91. The molecule has 24 heavy (non-hydrogen) atoms. The fraction of sp³-hybridized carbons (Fsp3) is 0.389. The van der Waals surface area contributed by atoms with E-state index in [1.165, 1.54) is 4.88 Å². The summed E-state index contributed by atoms with van der Waals surface area (Å²) in [6, 6.07) is 9.62. The van der Waals surface area contributed by atoms with Crippen LogP contribution in [0.3, 0.4) is 0 Å². The summed E-state index contributed by atoms with van der Waals surface area (Å²) in [6.45, 7) is 4.20. The van der Waals surface area contributed by atoms with Gasteiger partial charge in [0, 0.05) is 16.4 Å². The summed E-state index contributed by atoms with van der Waals surface area (Å²) in [4.78, 5) is 15.7. The molecule has 2 unspecified atom stereocenters. The molecule has 1 heterocycles. The third-order valence-electron chi connectivity index (χ3n) is 3.77. The second-order valence-corrected chi connectivity index (χ2v) is 7.33. The van der Waals surface area contributed by atoms with Gasteiger partial charge in [0.25, 0.3) is 5.91 Å². The summed E-state index contributed by atoms with van der Waals surface area (Å²) in [5, 5.41) is 5.68. The fourth-order valence-corrected chi connectivity index (χ4v) is 3.50. The lowest BCUT2D eigenvalue weighted by atomic mass is 10.2. The number of benzene rings is 1. The van der Waals surface area contributed by atoms with Gasteiger partial charge in [0.05, 0.1) is 6.04 Å². The highest BCUT2D eigenvalue weighted by Crippen LogP contribution is 2.24. The molecule has 1 aromatic heterocycles. The Hall–Kier alpha value is -1.56. The quantitative estimate of drug-likeness (QED) is 0.808. The van der Waals surface area contributed by atoms with Crippen LogP contribution in [0.5, 0.6) is 5.75 Å². The molecule has 1 amide bonds. The van der Waals surface area contributed by atoms with E-state index >= 15 is 0 Å². The van der Waals surface area contributed by atoms with Crippen LogP contribution < -0.4 is 10.1 Å². The van der Waals surface area contributed by atoms with Gasteiger partial charge >= 0.3 is 0 Å². The molecule has 0 aliphatic rings. The normalized spacial score (nSPS) is 13.6. The largest absolute Gasteiger partial charge is 0.481 e. The minimum absolute atomic E-state index is 0.132. The molecule has 0 spiro atoms. The number of aryl methyl sites for hydroxylation is 1. The van der Waals surface area contributed by atoms with Crippen LogP contribution in [0.4, 0.5) is 0 Å². The fourth-order valence-electron chi connectivity index (χ4n) is 2.35. The van der Waals surface area contributed by atoms with Gasteiger partial charge in [-0.3, -0.25) is 4.79 Å². The molecule has 4 nitrogen and oxygen atoms in total. The average molecular weight is 367 g/mol. The predicted molar refractivity (Wildman–Crippen MR) is 100 cm³/mol. The van der Waals surface area contributed by atoms with Crippen molar-refractivity contribution < 1.29 is 9.53 Å². The number of rotatable bonds is 7. The molecule has 0 radical (unpaired) electrons. The van der Waals surface area contributed by atoms with Gasteiger partial charge in [-0.05, 0) is 63.2 Å². The Balaban J connectivity index is 1.93. The van der Waals surface area contributed by atoms with E-state index in [1.807, 2.05) is 38.5 Å². The summed E-state index contributed by atoms with van der Waals surface area (Å²) in [7, 11) is 4.01. The molecule has 0 saturated heterocycles. The van der Waals surface area contributed by atoms with E-state index in [-0.39, 0.29) is 11.9 Å². The SMILES string of the molecule is Cc1cc(Cl)ccc1OC(C)C(=O)NCC(c1cccs1)N(C)C. The average Bonchev–Trinajstić information content (AvgIpc) is 3.03. The molecule has 2 atom stereocenters. The van der Waals surface area contributed by atoms with Crippen molar-refractivity contribution in [2.75, 3.05) is 20.6 Å². The first-order valence-corrected chi connectivity index (χ1v) is 9.04. The standard InChI is InChI=1S/C18H23ClN2O2S/c1-12-10-14(19)7-8-16(12)23-13(2)18(22)20-11-15(21(3)4)17-6-5-9-24-17/h5-10,13,15H,11H2,1-4H3,(H,20,22). The van der Waals surface area contributed by atoms with Crippen LogP contribution >= 0.6 is 22.9 Å². The van der Waals surface area contributed by atoms with Crippen molar-refractivity contribution >= 4 is 28.8 Å². The zero-order valence-corrected chi connectivity index (χ0v) is 15.9. The highest BCUT2D eigenvalue weighted by molar-refractivity contribution is 7.10. The van der Waals surface area contributed by atoms with Crippen LogP contribution in [-0.2, 0) is 4.79 Å². The first-order chi connectivity index (χ1) is 11.4. The van der Waals surface area contributed by atoms with Gasteiger partial charge in [-0.25, -0.2) is 0 Å². The Morgan fingerprint density at radius 3 is 2.71 bits per heavy atom. The zero-order valence-electron chi connectivity index (χ0n) is 14.4. The number of halogens is 1. The molecular weight excluding hydrogens is 344 g/mol. The third-order valence-corrected chi connectivity index (χ3v) is 4.98. The van der Waals surface area contributed by atoms with E-state index < -0.39 is 6.10 Å². The van der Waals surface area contributed by atoms with Crippen molar-refractivity contribution in [1.82, 2.24) is 10.2 Å². The number of carbonyl (C=O) groups excluding carboxylic acids is 1. The molecule has 6 heteroatoms. The second kappa shape index (κ2) is 8.51. The molecular formula is C18H23ClN2O2S. The maximum absolute atomic E-state index is 12.3. The third kappa shape index (κ3) is 4.97. The molecule has 0 fully saturated rings. The monoisotopic (exact) mass is 366 g/mol. The molecule has 0 aliphatic carbocycles. The van der Waals surface area contributed by atoms with E-state index in [1.54, 1.807) is 30.4 Å². The Morgan fingerprint density at radius 1 is 1.38 bits per heavy atom. The zero-order chi connectivity index (χ0) is 17.7. The van der Waals surface area contributed by atoms with Crippen molar-refractivity contribution in [2.45, 2.75) is 26.0 Å². The van der Waals surface area contributed by atoms with E-state index in [4.69, 9.17) is 16.3 Å². The van der Waals surface area contributed by atoms with Gasteiger partial charge < -0.3 is 15.0 Å². The summed E-state index contributed by atoms with van der Waals surface area (Å²) in [5.41, 5.74) is 0.909.